The monoisotopic (exact) mass is 424 g/mol. The number of rotatable bonds is 6. The molecule has 0 aliphatic heterocycles. The van der Waals surface area contributed by atoms with Crippen molar-refractivity contribution in [2.75, 3.05) is 14.2 Å². The van der Waals surface area contributed by atoms with Crippen molar-refractivity contribution in [1.82, 2.24) is 19.1 Å². The van der Waals surface area contributed by atoms with Crippen molar-refractivity contribution in [3.05, 3.63) is 34.2 Å². The van der Waals surface area contributed by atoms with Crippen LogP contribution in [0.2, 0.25) is 0 Å². The molecule has 0 bridgehead atoms. The first-order valence-electron chi connectivity index (χ1n) is 9.01. The minimum Gasteiger partial charge on any atom is -0.495 e. The second-order valence-corrected chi connectivity index (χ2v) is 9.52. The number of carbonyl (C=O) groups excluding carboxylic acids is 1. The molecule has 1 aromatic carbocycles. The van der Waals surface area contributed by atoms with Gasteiger partial charge in [-0.2, -0.15) is 8.42 Å². The van der Waals surface area contributed by atoms with Gasteiger partial charge in [0.15, 0.2) is 0 Å². The van der Waals surface area contributed by atoms with Crippen LogP contribution in [0.3, 0.4) is 0 Å². The van der Waals surface area contributed by atoms with Crippen LogP contribution in [-0.2, 0) is 10.0 Å². The third kappa shape index (κ3) is 4.00. The Morgan fingerprint density at radius 2 is 1.86 bits per heavy atom. The summed E-state index contributed by atoms with van der Waals surface area (Å²) in [5.41, 5.74) is -1.04. The Labute approximate surface area is 168 Å². The molecule has 1 fully saturated rings. The van der Waals surface area contributed by atoms with Gasteiger partial charge in [-0.05, 0) is 51.8 Å². The van der Waals surface area contributed by atoms with E-state index >= 15 is 0 Å². The molecule has 10 nitrogen and oxygen atoms in total. The highest BCUT2D eigenvalue weighted by Crippen LogP contribution is 2.36. The highest BCUT2D eigenvalue weighted by atomic mass is 32.2. The second kappa shape index (κ2) is 7.21. The molecule has 1 saturated carbocycles. The van der Waals surface area contributed by atoms with E-state index in [1.165, 1.54) is 37.0 Å². The molecule has 29 heavy (non-hydrogen) atoms. The van der Waals surface area contributed by atoms with Gasteiger partial charge in [0.05, 0.1) is 14.2 Å². The first kappa shape index (κ1) is 20.9. The zero-order valence-corrected chi connectivity index (χ0v) is 17.7. The minimum absolute atomic E-state index is 0.0683. The molecule has 1 aliphatic rings. The van der Waals surface area contributed by atoms with Crippen molar-refractivity contribution in [2.24, 2.45) is 0 Å². The van der Waals surface area contributed by atoms with E-state index in [2.05, 4.69) is 10.4 Å². The summed E-state index contributed by atoms with van der Waals surface area (Å²) >= 11 is 0. The van der Waals surface area contributed by atoms with Crippen LogP contribution in [0.25, 0.3) is 0 Å². The summed E-state index contributed by atoms with van der Waals surface area (Å²) in [6, 6.07) is 3.71. The van der Waals surface area contributed by atoms with Gasteiger partial charge in [0.25, 0.3) is 15.9 Å². The Hall–Kier alpha value is -2.82. The zero-order chi connectivity index (χ0) is 21.6. The number of benzene rings is 1. The number of nitrogens with one attached hydrogen (secondary N) is 1. The molecule has 0 spiro atoms. The van der Waals surface area contributed by atoms with Gasteiger partial charge >= 0.3 is 11.7 Å². The molecule has 1 aliphatic carbocycles. The van der Waals surface area contributed by atoms with Crippen molar-refractivity contribution < 1.29 is 22.7 Å². The van der Waals surface area contributed by atoms with Crippen LogP contribution in [0, 0.1) is 0 Å². The summed E-state index contributed by atoms with van der Waals surface area (Å²) in [7, 11) is -1.77. The maximum Gasteiger partial charge on any atom is 0.363 e. The molecule has 2 aromatic rings. The number of amides is 1. The molecule has 0 atom stereocenters. The zero-order valence-electron chi connectivity index (χ0n) is 16.9. The molecule has 0 saturated heterocycles. The number of nitrogens with zero attached hydrogens (tertiary/aromatic N) is 3. The summed E-state index contributed by atoms with van der Waals surface area (Å²) < 4.78 is 38.1. The lowest BCUT2D eigenvalue weighted by molar-refractivity contribution is 0.0919. The summed E-state index contributed by atoms with van der Waals surface area (Å²) in [4.78, 5) is 24.8. The lowest BCUT2D eigenvalue weighted by atomic mass is 10.1. The summed E-state index contributed by atoms with van der Waals surface area (Å²) in [5.74, 6) is -0.449. The molecule has 1 heterocycles. The average Bonchev–Trinajstić information content (AvgIpc) is 3.41. The molecule has 11 heteroatoms. The maximum absolute atomic E-state index is 13.1. The van der Waals surface area contributed by atoms with Crippen LogP contribution >= 0.6 is 0 Å². The number of methoxy groups -OCH3 is 2. The Kier molecular flexibility index (Phi) is 5.20. The first-order valence-corrected chi connectivity index (χ1v) is 10.5. The highest BCUT2D eigenvalue weighted by Gasteiger charge is 2.35. The second-order valence-electron chi connectivity index (χ2n) is 7.79. The lowest BCUT2D eigenvalue weighted by Gasteiger charge is -2.20. The largest absolute Gasteiger partial charge is 0.495 e. The number of hydrogen-bond donors (Lipinski definition) is 1. The number of hydrogen-bond acceptors (Lipinski definition) is 7. The number of ether oxygens (including phenoxy) is 2. The van der Waals surface area contributed by atoms with E-state index in [0.717, 1.165) is 12.8 Å². The molecule has 0 radical (unpaired) electrons. The van der Waals surface area contributed by atoms with Gasteiger partial charge in [0, 0.05) is 17.1 Å². The standard InChI is InChI=1S/C18H24N4O6S/c1-18(2,3)19-15(23)11-6-9-14(13(10-11)27-4)29(25,26)22-17(24)21(12-7-8-12)16(20-22)28-5/h6,9-10,12H,7-8H2,1-5H3,(H,19,23). The quantitative estimate of drug-likeness (QED) is 0.738. The maximum atomic E-state index is 13.1. The van der Waals surface area contributed by atoms with Crippen LogP contribution < -0.4 is 20.5 Å². The molecule has 3 rings (SSSR count). The molecule has 1 amide bonds. The number of carbonyl (C=O) groups is 1. The van der Waals surface area contributed by atoms with Crippen LogP contribution in [0.1, 0.15) is 50.0 Å². The van der Waals surface area contributed by atoms with Gasteiger partial charge in [-0.25, -0.2) is 9.36 Å². The first-order chi connectivity index (χ1) is 13.5. The van der Waals surface area contributed by atoms with Crippen LogP contribution in [-0.4, -0.2) is 47.8 Å². The third-order valence-corrected chi connectivity index (χ3v) is 5.85. The van der Waals surface area contributed by atoms with E-state index in [-0.39, 0.29) is 34.2 Å². The van der Waals surface area contributed by atoms with Gasteiger partial charge in [0.2, 0.25) is 0 Å². The van der Waals surface area contributed by atoms with E-state index in [1.807, 2.05) is 20.8 Å². The summed E-state index contributed by atoms with van der Waals surface area (Å²) in [5, 5.41) is 6.63. The van der Waals surface area contributed by atoms with Gasteiger partial charge < -0.3 is 14.8 Å². The lowest BCUT2D eigenvalue weighted by Crippen LogP contribution is -2.40. The Morgan fingerprint density at radius 1 is 1.21 bits per heavy atom. The van der Waals surface area contributed by atoms with Gasteiger partial charge in [-0.3, -0.25) is 4.79 Å². The topological polar surface area (TPSA) is 122 Å². The van der Waals surface area contributed by atoms with Crippen molar-refractivity contribution in [1.29, 1.82) is 0 Å². The highest BCUT2D eigenvalue weighted by molar-refractivity contribution is 7.90. The van der Waals surface area contributed by atoms with Crippen LogP contribution in [0.5, 0.6) is 11.8 Å². The molecule has 158 valence electrons. The smallest absolute Gasteiger partial charge is 0.363 e. The van der Waals surface area contributed by atoms with Crippen LogP contribution in [0.15, 0.2) is 27.9 Å². The van der Waals surface area contributed by atoms with Gasteiger partial charge in [-0.15, -0.1) is 0 Å². The molecule has 0 unspecified atom stereocenters. The SMILES string of the molecule is COc1cc(C(=O)NC(C)(C)C)ccc1S(=O)(=O)n1nc(OC)n(C2CC2)c1=O. The Balaban J connectivity index is 2.06. The molecular formula is C18H24N4O6S. The summed E-state index contributed by atoms with van der Waals surface area (Å²) in [6.07, 6.45) is 1.51. The predicted molar refractivity (Wildman–Crippen MR) is 104 cm³/mol. The van der Waals surface area contributed by atoms with E-state index in [9.17, 15) is 18.0 Å². The van der Waals surface area contributed by atoms with Crippen molar-refractivity contribution in [3.63, 3.8) is 0 Å². The van der Waals surface area contributed by atoms with Gasteiger partial charge in [0.1, 0.15) is 10.6 Å². The third-order valence-electron chi connectivity index (χ3n) is 4.27. The minimum atomic E-state index is -4.37. The fourth-order valence-corrected chi connectivity index (χ4v) is 4.11. The van der Waals surface area contributed by atoms with Crippen LogP contribution in [0.4, 0.5) is 0 Å². The Morgan fingerprint density at radius 3 is 2.38 bits per heavy atom. The average molecular weight is 424 g/mol. The molecule has 1 aromatic heterocycles. The van der Waals surface area contributed by atoms with E-state index in [1.54, 1.807) is 0 Å². The van der Waals surface area contributed by atoms with E-state index < -0.39 is 21.3 Å². The molecule has 1 N–H and O–H groups in total. The van der Waals surface area contributed by atoms with Gasteiger partial charge in [-0.1, -0.05) is 9.19 Å². The van der Waals surface area contributed by atoms with Crippen molar-refractivity contribution >= 4 is 15.9 Å². The summed E-state index contributed by atoms with van der Waals surface area (Å²) in [6.45, 7) is 5.49. The predicted octanol–water partition coefficient (Wildman–Crippen LogP) is 1.16. The normalized spacial score (nSPS) is 14.5. The van der Waals surface area contributed by atoms with Crippen molar-refractivity contribution in [2.45, 2.75) is 50.1 Å². The fourth-order valence-electron chi connectivity index (χ4n) is 2.81. The van der Waals surface area contributed by atoms with E-state index in [0.29, 0.717) is 4.09 Å². The molecular weight excluding hydrogens is 400 g/mol. The number of aromatic nitrogens is 3. The van der Waals surface area contributed by atoms with Crippen molar-refractivity contribution in [3.8, 4) is 11.8 Å². The fraction of sp³-hybridized carbons (Fsp3) is 0.500. The Bertz CT molecular complexity index is 1110. The van der Waals surface area contributed by atoms with E-state index in [4.69, 9.17) is 9.47 Å².